The molecule has 4 aromatic rings. The Morgan fingerprint density at radius 1 is 1.04 bits per heavy atom. The zero-order valence-electron chi connectivity index (χ0n) is 14.3. The van der Waals surface area contributed by atoms with Gasteiger partial charge in [0.25, 0.3) is 0 Å². The van der Waals surface area contributed by atoms with E-state index < -0.39 is 0 Å². The van der Waals surface area contributed by atoms with E-state index in [1.54, 1.807) is 22.7 Å². The Labute approximate surface area is 160 Å². The molecule has 0 saturated heterocycles. The molecular weight excluding hydrogens is 362 g/mol. The molecule has 0 amide bonds. The first-order valence-corrected chi connectivity index (χ1v) is 10.0. The summed E-state index contributed by atoms with van der Waals surface area (Å²) in [5, 5.41) is 5.19. The molecule has 132 valence electrons. The molecule has 5 nitrogen and oxygen atoms in total. The van der Waals surface area contributed by atoms with Crippen molar-refractivity contribution in [3.63, 3.8) is 0 Å². The van der Waals surface area contributed by atoms with E-state index in [-0.39, 0.29) is 0 Å². The second-order valence-electron chi connectivity index (χ2n) is 6.10. The smallest absolute Gasteiger partial charge is 0.153 e. The number of hydrogen-bond acceptors (Lipinski definition) is 7. The third kappa shape index (κ3) is 3.47. The molecular formula is C19H19N5S2. The first-order chi connectivity index (χ1) is 12.7. The average Bonchev–Trinajstić information content (AvgIpc) is 3.31. The van der Waals surface area contributed by atoms with Gasteiger partial charge in [-0.2, -0.15) is 0 Å². The van der Waals surface area contributed by atoms with Crippen LogP contribution >= 0.6 is 22.7 Å². The molecule has 0 fully saturated rings. The van der Waals surface area contributed by atoms with E-state index in [9.17, 15) is 0 Å². The molecule has 4 rings (SSSR count). The van der Waals surface area contributed by atoms with Crippen molar-refractivity contribution in [2.24, 2.45) is 5.84 Å². The lowest BCUT2D eigenvalue weighted by Crippen LogP contribution is -2.20. The molecule has 0 spiro atoms. The highest BCUT2D eigenvalue weighted by atomic mass is 32.1. The minimum Gasteiger partial charge on any atom is -0.308 e. The summed E-state index contributed by atoms with van der Waals surface area (Å²) in [5.41, 5.74) is 5.17. The summed E-state index contributed by atoms with van der Waals surface area (Å²) in [6.07, 6.45) is 0. The Bertz CT molecular complexity index is 996. The molecule has 1 aromatic carbocycles. The predicted octanol–water partition coefficient (Wildman–Crippen LogP) is 4.34. The fraction of sp³-hybridized carbons (Fsp3) is 0.158. The van der Waals surface area contributed by atoms with Crippen LogP contribution in [-0.4, -0.2) is 21.9 Å². The molecule has 0 aliphatic carbocycles. The molecule has 0 radical (unpaired) electrons. The number of nitrogens with two attached hydrogens (primary N) is 1. The normalized spacial score (nSPS) is 11.3. The van der Waals surface area contributed by atoms with E-state index >= 15 is 0 Å². The van der Waals surface area contributed by atoms with Crippen LogP contribution in [0.15, 0.2) is 53.2 Å². The van der Waals surface area contributed by atoms with Crippen LogP contribution in [0.1, 0.15) is 11.4 Å². The molecule has 0 bridgehead atoms. The van der Waals surface area contributed by atoms with Crippen molar-refractivity contribution in [2.45, 2.75) is 13.1 Å². The fourth-order valence-corrected chi connectivity index (χ4v) is 4.75. The van der Waals surface area contributed by atoms with E-state index in [4.69, 9.17) is 10.8 Å². The monoisotopic (exact) mass is 381 g/mol. The van der Waals surface area contributed by atoms with E-state index in [2.05, 4.69) is 63.4 Å². The molecule has 3 N–H and O–H groups in total. The number of nitrogen functional groups attached to an aromatic ring is 1. The minimum absolute atomic E-state index is 0.658. The summed E-state index contributed by atoms with van der Waals surface area (Å²) in [6.45, 7) is 1.50. The molecule has 7 heteroatoms. The lowest BCUT2D eigenvalue weighted by molar-refractivity contribution is 0.311. The number of thiophene rings is 2. The van der Waals surface area contributed by atoms with E-state index in [0.29, 0.717) is 12.4 Å². The van der Waals surface area contributed by atoms with Crippen LogP contribution in [0.5, 0.6) is 0 Å². The van der Waals surface area contributed by atoms with Gasteiger partial charge in [-0.1, -0.05) is 36.4 Å². The maximum absolute atomic E-state index is 5.77. The Kier molecular flexibility index (Phi) is 4.94. The number of hydrogen-bond donors (Lipinski definition) is 2. The zero-order chi connectivity index (χ0) is 17.9. The van der Waals surface area contributed by atoms with Gasteiger partial charge in [-0.3, -0.25) is 4.90 Å². The molecule has 0 aliphatic rings. The van der Waals surface area contributed by atoms with Crippen molar-refractivity contribution < 1.29 is 0 Å². The van der Waals surface area contributed by atoms with Crippen molar-refractivity contribution in [3.8, 4) is 10.4 Å². The van der Waals surface area contributed by atoms with Gasteiger partial charge in [-0.05, 0) is 24.1 Å². The maximum atomic E-state index is 5.77. The third-order valence-corrected chi connectivity index (χ3v) is 5.89. The number of hydrazine groups is 1. The first-order valence-electron chi connectivity index (χ1n) is 8.25. The van der Waals surface area contributed by atoms with Gasteiger partial charge in [-0.25, -0.2) is 15.8 Å². The standard InChI is InChI=1S/C19H19N5S2/c1-24(10-13-6-3-2-4-7-13)11-16-21-18(23-20)17-14(12-26-19(17)22-16)15-8-5-9-25-15/h2-9,12H,10-11,20H2,1H3,(H,21,22,23). The number of aromatic nitrogens is 2. The number of rotatable bonds is 6. The van der Waals surface area contributed by atoms with Crippen molar-refractivity contribution in [2.75, 3.05) is 12.5 Å². The molecule has 3 heterocycles. The van der Waals surface area contributed by atoms with E-state index in [0.717, 1.165) is 28.1 Å². The lowest BCUT2D eigenvalue weighted by atomic mass is 10.2. The van der Waals surface area contributed by atoms with Gasteiger partial charge in [-0.15, -0.1) is 22.7 Å². The molecule has 0 atom stereocenters. The van der Waals surface area contributed by atoms with Crippen LogP contribution in [0.25, 0.3) is 20.7 Å². The second-order valence-corrected chi connectivity index (χ2v) is 7.90. The average molecular weight is 382 g/mol. The third-order valence-electron chi connectivity index (χ3n) is 4.11. The van der Waals surface area contributed by atoms with Gasteiger partial charge >= 0.3 is 0 Å². The van der Waals surface area contributed by atoms with Crippen molar-refractivity contribution in [1.82, 2.24) is 14.9 Å². The van der Waals surface area contributed by atoms with Gasteiger partial charge in [0, 0.05) is 22.4 Å². The summed E-state index contributed by atoms with van der Waals surface area (Å²) >= 11 is 3.33. The number of fused-ring (bicyclic) bond motifs is 1. The molecule has 0 aliphatic heterocycles. The van der Waals surface area contributed by atoms with Crippen LogP contribution in [0.3, 0.4) is 0 Å². The summed E-state index contributed by atoms with van der Waals surface area (Å²) < 4.78 is 0. The van der Waals surface area contributed by atoms with Gasteiger partial charge < -0.3 is 5.43 Å². The minimum atomic E-state index is 0.658. The van der Waals surface area contributed by atoms with Crippen LogP contribution in [-0.2, 0) is 13.1 Å². The molecule has 3 aromatic heterocycles. The topological polar surface area (TPSA) is 67.1 Å². The van der Waals surface area contributed by atoms with E-state index in [1.165, 1.54) is 10.4 Å². The molecule has 0 unspecified atom stereocenters. The highest BCUT2D eigenvalue weighted by molar-refractivity contribution is 7.18. The van der Waals surface area contributed by atoms with Gasteiger partial charge in [0.1, 0.15) is 10.7 Å². The summed E-state index contributed by atoms with van der Waals surface area (Å²) in [5.74, 6) is 7.22. The van der Waals surface area contributed by atoms with Gasteiger partial charge in [0.15, 0.2) is 5.82 Å². The molecule has 26 heavy (non-hydrogen) atoms. The number of benzene rings is 1. The lowest BCUT2D eigenvalue weighted by Gasteiger charge is -2.16. The second kappa shape index (κ2) is 7.51. The van der Waals surface area contributed by atoms with E-state index in [1.807, 2.05) is 12.1 Å². The number of anilines is 1. The predicted molar refractivity (Wildman–Crippen MR) is 110 cm³/mol. The SMILES string of the molecule is CN(Cc1ccccc1)Cc1nc(NN)c2c(-c3cccs3)csc2n1. The Hall–Kier alpha value is -2.32. The maximum Gasteiger partial charge on any atom is 0.153 e. The summed E-state index contributed by atoms with van der Waals surface area (Å²) in [7, 11) is 2.07. The summed E-state index contributed by atoms with van der Waals surface area (Å²) in [6, 6.07) is 14.5. The Morgan fingerprint density at radius 3 is 2.62 bits per heavy atom. The van der Waals surface area contributed by atoms with Gasteiger partial charge in [0.2, 0.25) is 0 Å². The van der Waals surface area contributed by atoms with Crippen molar-refractivity contribution >= 4 is 38.7 Å². The summed E-state index contributed by atoms with van der Waals surface area (Å²) in [4.78, 5) is 13.8. The zero-order valence-corrected chi connectivity index (χ0v) is 16.0. The number of nitrogens with zero attached hydrogens (tertiary/aromatic N) is 3. The van der Waals surface area contributed by atoms with Crippen molar-refractivity contribution in [3.05, 3.63) is 64.6 Å². The largest absolute Gasteiger partial charge is 0.308 e. The number of nitrogens with one attached hydrogen (secondary N) is 1. The van der Waals surface area contributed by atoms with Crippen LogP contribution in [0, 0.1) is 0 Å². The Morgan fingerprint density at radius 2 is 1.88 bits per heavy atom. The fourth-order valence-electron chi connectivity index (χ4n) is 2.97. The Balaban J connectivity index is 1.63. The highest BCUT2D eigenvalue weighted by Gasteiger charge is 2.16. The van der Waals surface area contributed by atoms with Crippen LogP contribution in [0.2, 0.25) is 0 Å². The van der Waals surface area contributed by atoms with Crippen LogP contribution in [0.4, 0.5) is 5.82 Å². The van der Waals surface area contributed by atoms with Gasteiger partial charge in [0.05, 0.1) is 11.9 Å². The van der Waals surface area contributed by atoms with Crippen molar-refractivity contribution in [1.29, 1.82) is 0 Å². The first kappa shape index (κ1) is 17.1. The highest BCUT2D eigenvalue weighted by Crippen LogP contribution is 2.38. The quantitative estimate of drug-likeness (QED) is 0.384. The molecule has 0 saturated carbocycles. The van der Waals surface area contributed by atoms with Crippen LogP contribution < -0.4 is 11.3 Å².